The van der Waals surface area contributed by atoms with E-state index in [2.05, 4.69) is 16.0 Å². The van der Waals surface area contributed by atoms with Crippen molar-refractivity contribution >= 4 is 70.9 Å². The second-order valence-electron chi connectivity index (χ2n) is 28.5. The number of halogens is 8. The largest absolute Gasteiger partial charge is 0.422 e. The summed E-state index contributed by atoms with van der Waals surface area (Å²) < 4.78 is 113. The summed E-state index contributed by atoms with van der Waals surface area (Å²) in [5.41, 5.74) is -5.17. The van der Waals surface area contributed by atoms with E-state index in [4.69, 9.17) is 0 Å². The normalized spacial score (nSPS) is 26.0. The maximum Gasteiger partial charge on any atom is 0.422 e. The van der Waals surface area contributed by atoms with Gasteiger partial charge in [0.05, 0.1) is 25.1 Å². The van der Waals surface area contributed by atoms with Gasteiger partial charge in [-0.3, -0.25) is 57.5 Å². The average molecular weight is 1480 g/mol. The maximum absolute atomic E-state index is 15.5. The highest BCUT2D eigenvalue weighted by molar-refractivity contribution is 6.01. The molecule has 24 nitrogen and oxygen atoms in total. The van der Waals surface area contributed by atoms with Crippen LogP contribution in [-0.4, -0.2) is 251 Å². The summed E-state index contributed by atoms with van der Waals surface area (Å²) in [7, 11) is 10.7. The first-order valence-electron chi connectivity index (χ1n) is 35.4. The summed E-state index contributed by atoms with van der Waals surface area (Å²) in [4.78, 5) is 189. The minimum atomic E-state index is -5.44. The number of alkyl halides is 6. The topological polar surface area (TPSA) is 270 Å². The molecule has 0 aromatic heterocycles. The molecular weight excluding hydrogens is 1380 g/mol. The Morgan fingerprint density at radius 1 is 0.625 bits per heavy atom. The second-order valence-corrected chi connectivity index (χ2v) is 28.5. The van der Waals surface area contributed by atoms with Crippen LogP contribution in [0.5, 0.6) is 0 Å². The summed E-state index contributed by atoms with van der Waals surface area (Å²) in [6.45, 7) is 3.07. The lowest BCUT2D eigenvalue weighted by Crippen LogP contribution is -2.65. The van der Waals surface area contributed by atoms with E-state index in [0.29, 0.717) is 57.1 Å². The summed E-state index contributed by atoms with van der Waals surface area (Å²) in [5.74, 6) is -14.8. The van der Waals surface area contributed by atoms with Crippen molar-refractivity contribution < 1.29 is 92.7 Å². The lowest BCUT2D eigenvalue weighted by atomic mass is 9.90. The fourth-order valence-corrected chi connectivity index (χ4v) is 14.9. The molecule has 3 aliphatic heterocycles. The number of amides is 12. The number of nitrogens with zero attached hydrogens (tertiary/aromatic N) is 9. The SMILES string of the molecule is CC[C@H](C)[C@@H]1NC(=O)[C@H](CC)N(C)C(=O)C[C@@H](C(=O)N(C)C)N(C)C(=O)[C@H](C2CCCC2)N(C)C(=O)C2(CCCC2)NC(=O)[C@@H]2CCCN2C(=O)[C@H](CCc2cc(F)c(C(F)(F)F)c(F)c2)NC(=O)CN(C)C(=O)[C@H](Cc2ccc(C(F)(F)F)cc2)N2CC/C=C\C[C@@H](C2=O)N(C)C(=O)CN(C)C1=O. The van der Waals surface area contributed by atoms with Gasteiger partial charge in [0.1, 0.15) is 71.1 Å². The lowest BCUT2D eigenvalue weighted by molar-refractivity contribution is -0.156. The molecule has 1 spiro atoms. The van der Waals surface area contributed by atoms with E-state index in [9.17, 15) is 55.1 Å². The highest BCUT2D eigenvalue weighted by Crippen LogP contribution is 2.39. The second kappa shape index (κ2) is 34.9. The van der Waals surface area contributed by atoms with Gasteiger partial charge >= 0.3 is 12.4 Å². The Hall–Kier alpha value is -8.74. The third-order valence-electron chi connectivity index (χ3n) is 21.2. The summed E-state index contributed by atoms with van der Waals surface area (Å²) >= 11 is 0. The third kappa shape index (κ3) is 19.2. The molecule has 574 valence electrons. The van der Waals surface area contributed by atoms with E-state index in [1.807, 2.05) is 0 Å². The summed E-state index contributed by atoms with van der Waals surface area (Å²) in [5, 5.41) is 8.26. The monoisotopic (exact) mass is 1470 g/mol. The Bertz CT molecular complexity index is 3520. The molecule has 5 aliphatic rings. The molecule has 4 fully saturated rings. The fraction of sp³-hybridized carbons (Fsp3) is 0.639. The van der Waals surface area contributed by atoms with Gasteiger partial charge < -0.3 is 60.0 Å². The number of benzene rings is 2. The maximum atomic E-state index is 15.5. The van der Waals surface area contributed by atoms with Gasteiger partial charge in [-0.1, -0.05) is 77.2 Å². The molecule has 2 saturated heterocycles. The van der Waals surface area contributed by atoms with Crippen molar-refractivity contribution in [1.29, 1.82) is 0 Å². The molecule has 12 amide bonds. The van der Waals surface area contributed by atoms with Crippen LogP contribution < -0.4 is 16.0 Å². The van der Waals surface area contributed by atoms with Crippen molar-refractivity contribution in [2.45, 2.75) is 203 Å². The predicted octanol–water partition coefficient (Wildman–Crippen LogP) is 5.48. The molecule has 9 atom stereocenters. The van der Waals surface area contributed by atoms with E-state index in [1.165, 1.54) is 59.1 Å². The number of likely N-dealkylation sites (N-methyl/N-ethyl adjacent to an activating group) is 7. The van der Waals surface area contributed by atoms with Crippen molar-refractivity contribution in [3.63, 3.8) is 0 Å². The van der Waals surface area contributed by atoms with Gasteiger partial charge in [-0.15, -0.1) is 0 Å². The zero-order valence-corrected chi connectivity index (χ0v) is 60.9. The molecule has 2 bridgehead atoms. The third-order valence-corrected chi connectivity index (χ3v) is 21.2. The van der Waals surface area contributed by atoms with Crippen LogP contribution in [0.4, 0.5) is 35.1 Å². The van der Waals surface area contributed by atoms with Crippen molar-refractivity contribution in [2.24, 2.45) is 11.8 Å². The smallest absolute Gasteiger partial charge is 0.347 e. The fourth-order valence-electron chi connectivity index (χ4n) is 14.9. The standard InChI is InChI=1S/C72H98F8N12O12/c1-12-42(3)59-67(102)86(7)41-57(95)88(9)52-24-15-14-20-34-92(66(52)101)54(38-43-26-29-46(30-27-43)71(75,76)77)65(100)85(6)40-55(93)81-49(31-28-44-36-47(73)58(48(74)37-44)72(78,79)80)63(98)91-35-21-25-51(91)62(97)83-70(32-18-19-33-70)69(104)90(11)60(45-22-16-17-23-45)68(103)89(10)53(64(99)84(4)5)39-56(94)87(8)50(13-2)61(96)82-59/h14-15,26-27,29-30,36-37,42,45,49-54,59-60H,12-13,16-25,28,31-35,38-41H2,1-11H3,(H,81,93)(H,82,96)(H,83,97)/b15-14-/t42-,49-,50-,51-,52-,53-,54-,59-,60-/m0/s1. The van der Waals surface area contributed by atoms with Gasteiger partial charge in [0.25, 0.3) is 0 Å². The number of hydrogen-bond donors (Lipinski definition) is 3. The molecule has 32 heteroatoms. The van der Waals surface area contributed by atoms with Crippen LogP contribution in [0.1, 0.15) is 146 Å². The molecule has 3 N–H and O–H groups in total. The Kier molecular flexibility index (Phi) is 27.7. The number of carbonyl (C=O) groups is 12. The number of rotatable bonds is 10. The van der Waals surface area contributed by atoms with E-state index in [-0.39, 0.29) is 69.2 Å². The summed E-state index contributed by atoms with van der Waals surface area (Å²) in [6, 6.07) is -6.97. The van der Waals surface area contributed by atoms with Crippen LogP contribution >= 0.6 is 0 Å². The predicted molar refractivity (Wildman–Crippen MR) is 363 cm³/mol. The van der Waals surface area contributed by atoms with Gasteiger partial charge in [0.2, 0.25) is 70.9 Å². The molecule has 2 aromatic rings. The van der Waals surface area contributed by atoms with Gasteiger partial charge in [0, 0.05) is 75.9 Å². The minimum Gasteiger partial charge on any atom is -0.347 e. The molecule has 2 aliphatic carbocycles. The van der Waals surface area contributed by atoms with Crippen LogP contribution in [0.15, 0.2) is 48.6 Å². The number of nitrogens with one attached hydrogen (secondary N) is 3. The Morgan fingerprint density at radius 3 is 1.82 bits per heavy atom. The van der Waals surface area contributed by atoms with Crippen LogP contribution in [0.25, 0.3) is 0 Å². The van der Waals surface area contributed by atoms with Gasteiger partial charge in [-0.2, -0.15) is 26.3 Å². The van der Waals surface area contributed by atoms with Gasteiger partial charge in [-0.25, -0.2) is 8.78 Å². The van der Waals surface area contributed by atoms with Crippen molar-refractivity contribution in [1.82, 2.24) is 60.0 Å². The molecule has 0 radical (unpaired) electrons. The molecular formula is C72H98F8N12O12. The highest BCUT2D eigenvalue weighted by Gasteiger charge is 2.52. The number of carbonyl (C=O) groups excluding carboxylic acids is 12. The van der Waals surface area contributed by atoms with Crippen LogP contribution in [0.3, 0.4) is 0 Å². The van der Waals surface area contributed by atoms with Crippen LogP contribution in [-0.2, 0) is 82.7 Å². The van der Waals surface area contributed by atoms with E-state index in [0.717, 1.165) is 65.6 Å². The average Bonchev–Trinajstić information content (AvgIpc) is 1.44. The van der Waals surface area contributed by atoms with Gasteiger partial charge in [0.15, 0.2) is 0 Å². The summed E-state index contributed by atoms with van der Waals surface area (Å²) in [6.07, 6.45) is -5.50. The van der Waals surface area contributed by atoms with E-state index in [1.54, 1.807) is 32.9 Å². The number of aryl methyl sites for hydroxylation is 1. The Balaban J connectivity index is 1.32. The zero-order valence-electron chi connectivity index (χ0n) is 60.9. The van der Waals surface area contributed by atoms with Crippen molar-refractivity contribution in [2.75, 3.05) is 82.6 Å². The number of hydrogen-bond acceptors (Lipinski definition) is 12. The van der Waals surface area contributed by atoms with Crippen molar-refractivity contribution in [3.8, 4) is 0 Å². The first-order valence-corrected chi connectivity index (χ1v) is 35.4. The van der Waals surface area contributed by atoms with E-state index >= 15 is 37.5 Å². The first-order chi connectivity index (χ1) is 48.8. The van der Waals surface area contributed by atoms with Crippen LogP contribution in [0.2, 0.25) is 0 Å². The Morgan fingerprint density at radius 2 is 1.24 bits per heavy atom. The Labute approximate surface area is 600 Å². The highest BCUT2D eigenvalue weighted by atomic mass is 19.4. The molecule has 7 rings (SSSR count). The van der Waals surface area contributed by atoms with Gasteiger partial charge in [-0.05, 0) is 118 Å². The first kappa shape index (κ1) is 82.5. The lowest BCUT2D eigenvalue weighted by Gasteiger charge is -2.42. The molecule has 3 heterocycles. The minimum absolute atomic E-state index is 0.00922. The molecule has 2 saturated carbocycles. The van der Waals surface area contributed by atoms with E-state index < -0.39 is 210 Å². The zero-order chi connectivity index (χ0) is 77.2. The van der Waals surface area contributed by atoms with Crippen molar-refractivity contribution in [3.05, 3.63) is 82.4 Å². The molecule has 2 aromatic carbocycles. The number of fused-ring (bicyclic) bond motifs is 3. The van der Waals surface area contributed by atoms with Crippen LogP contribution in [0, 0.1) is 23.5 Å². The quantitative estimate of drug-likeness (QED) is 0.197. The molecule has 104 heavy (non-hydrogen) atoms. The molecule has 0 unspecified atom stereocenters.